The van der Waals surface area contributed by atoms with Gasteiger partial charge >= 0.3 is 0 Å². The molecule has 0 spiro atoms. The fourth-order valence-electron chi connectivity index (χ4n) is 4.64. The van der Waals surface area contributed by atoms with Crippen molar-refractivity contribution in [1.29, 1.82) is 0 Å². The molecule has 32 heavy (non-hydrogen) atoms. The van der Waals surface area contributed by atoms with E-state index >= 15 is 0 Å². The zero-order valence-electron chi connectivity index (χ0n) is 19.7. The van der Waals surface area contributed by atoms with Crippen molar-refractivity contribution in [3.8, 4) is 16.9 Å². The number of hydrogen-bond acceptors (Lipinski definition) is 3. The molecule has 5 heteroatoms. The summed E-state index contributed by atoms with van der Waals surface area (Å²) in [7, 11) is 5.98. The molecular formula is C27H34N4O. The number of carbonyl (C=O) groups is 1. The van der Waals surface area contributed by atoms with Crippen LogP contribution in [-0.2, 0) is 12.8 Å². The Bertz CT molecular complexity index is 1070. The lowest BCUT2D eigenvalue weighted by Crippen LogP contribution is -2.30. The lowest BCUT2D eigenvalue weighted by molar-refractivity contribution is 0.0790. The van der Waals surface area contributed by atoms with Gasteiger partial charge in [0, 0.05) is 25.5 Å². The summed E-state index contributed by atoms with van der Waals surface area (Å²) in [5, 5.41) is 0. The first-order valence-corrected chi connectivity index (χ1v) is 11.6. The fourth-order valence-corrected chi connectivity index (χ4v) is 4.64. The first-order chi connectivity index (χ1) is 15.4. The second-order valence-electron chi connectivity index (χ2n) is 9.37. The molecule has 0 saturated carbocycles. The number of hydrogen-bond donors (Lipinski definition) is 0. The van der Waals surface area contributed by atoms with Crippen LogP contribution in [0.5, 0.6) is 0 Å². The van der Waals surface area contributed by atoms with E-state index in [1.807, 2.05) is 25.4 Å². The molecule has 0 aliphatic heterocycles. The smallest absolute Gasteiger partial charge is 0.255 e. The van der Waals surface area contributed by atoms with E-state index in [0.717, 1.165) is 38.0 Å². The molecule has 1 aromatic carbocycles. The standard InChI is InChI=1S/C27H34N4O/c1-20-11-12-25-22(15-20)17-26(21-9-6-5-7-10-21)31(25)24-16-23(18-28-19-24)27(32)30(4)14-8-13-29(2)3/h5-7,9-10,16-20H,8,11-15H2,1-4H3. The predicted octanol–water partition coefficient (Wildman–Crippen LogP) is 4.69. The first kappa shape index (κ1) is 22.3. The van der Waals surface area contributed by atoms with Gasteiger partial charge in [-0.15, -0.1) is 0 Å². The monoisotopic (exact) mass is 430 g/mol. The van der Waals surface area contributed by atoms with Crippen molar-refractivity contribution >= 4 is 5.91 Å². The summed E-state index contributed by atoms with van der Waals surface area (Å²) in [6.45, 7) is 4.02. The fraction of sp³-hybridized carbons (Fsp3) is 0.407. The Labute approximate surface area is 191 Å². The second kappa shape index (κ2) is 9.70. The second-order valence-corrected chi connectivity index (χ2v) is 9.37. The third kappa shape index (κ3) is 4.78. The summed E-state index contributed by atoms with van der Waals surface area (Å²) >= 11 is 0. The number of carbonyl (C=O) groups excluding carboxylic acids is 1. The number of aromatic nitrogens is 2. The van der Waals surface area contributed by atoms with Crippen LogP contribution < -0.4 is 0 Å². The highest BCUT2D eigenvalue weighted by Gasteiger charge is 2.24. The minimum absolute atomic E-state index is 0.0222. The van der Waals surface area contributed by atoms with Crippen molar-refractivity contribution in [2.24, 2.45) is 5.92 Å². The van der Waals surface area contributed by atoms with E-state index in [2.05, 4.69) is 65.8 Å². The summed E-state index contributed by atoms with van der Waals surface area (Å²) in [5.74, 6) is 0.720. The van der Waals surface area contributed by atoms with Crippen LogP contribution >= 0.6 is 0 Å². The number of benzene rings is 1. The first-order valence-electron chi connectivity index (χ1n) is 11.6. The molecule has 0 radical (unpaired) electrons. The van der Waals surface area contributed by atoms with E-state index in [1.54, 1.807) is 11.1 Å². The van der Waals surface area contributed by atoms with Crippen molar-refractivity contribution < 1.29 is 4.79 Å². The Hall–Kier alpha value is -2.92. The normalized spacial score (nSPS) is 15.6. The van der Waals surface area contributed by atoms with Crippen molar-refractivity contribution in [3.05, 3.63) is 71.7 Å². The van der Waals surface area contributed by atoms with Crippen LogP contribution in [0.3, 0.4) is 0 Å². The molecular weight excluding hydrogens is 396 g/mol. The largest absolute Gasteiger partial charge is 0.342 e. The maximum atomic E-state index is 13.1. The van der Waals surface area contributed by atoms with Crippen LogP contribution in [0, 0.1) is 5.92 Å². The van der Waals surface area contributed by atoms with Crippen LogP contribution in [0.2, 0.25) is 0 Å². The van der Waals surface area contributed by atoms with Gasteiger partial charge < -0.3 is 14.4 Å². The maximum Gasteiger partial charge on any atom is 0.255 e. The van der Waals surface area contributed by atoms with Crippen molar-refractivity contribution in [2.75, 3.05) is 34.2 Å². The van der Waals surface area contributed by atoms with Gasteiger partial charge in [-0.2, -0.15) is 0 Å². The van der Waals surface area contributed by atoms with Crippen LogP contribution in [0.25, 0.3) is 16.9 Å². The quantitative estimate of drug-likeness (QED) is 0.546. The minimum Gasteiger partial charge on any atom is -0.342 e. The molecule has 168 valence electrons. The van der Waals surface area contributed by atoms with Gasteiger partial charge in [-0.1, -0.05) is 37.3 Å². The lowest BCUT2D eigenvalue weighted by Gasteiger charge is -2.22. The molecule has 5 nitrogen and oxygen atoms in total. The summed E-state index contributed by atoms with van der Waals surface area (Å²) in [6, 6.07) is 14.9. The van der Waals surface area contributed by atoms with Crippen LogP contribution in [0.15, 0.2) is 54.9 Å². The Morgan fingerprint density at radius 1 is 1.09 bits per heavy atom. The maximum absolute atomic E-state index is 13.1. The molecule has 4 rings (SSSR count). The van der Waals surface area contributed by atoms with E-state index < -0.39 is 0 Å². The van der Waals surface area contributed by atoms with E-state index in [0.29, 0.717) is 11.5 Å². The molecule has 1 atom stereocenters. The average Bonchev–Trinajstić information content (AvgIpc) is 3.17. The van der Waals surface area contributed by atoms with Gasteiger partial charge in [-0.25, -0.2) is 0 Å². The SMILES string of the molecule is CC1CCc2c(cc(-c3ccccc3)n2-c2cncc(C(=O)N(C)CCCN(C)C)c2)C1. The van der Waals surface area contributed by atoms with Gasteiger partial charge in [0.25, 0.3) is 5.91 Å². The number of pyridine rings is 1. The van der Waals surface area contributed by atoms with E-state index in [9.17, 15) is 4.79 Å². The summed E-state index contributed by atoms with van der Waals surface area (Å²) in [6.07, 6.45) is 7.85. The molecule has 1 aliphatic carbocycles. The van der Waals surface area contributed by atoms with E-state index in [1.165, 1.54) is 28.9 Å². The number of amides is 1. The van der Waals surface area contributed by atoms with Crippen molar-refractivity contribution in [1.82, 2.24) is 19.4 Å². The number of rotatable bonds is 7. The molecule has 1 aliphatic rings. The molecule has 3 aromatic rings. The summed E-state index contributed by atoms with van der Waals surface area (Å²) in [5.41, 5.74) is 6.74. The van der Waals surface area contributed by atoms with Crippen molar-refractivity contribution in [2.45, 2.75) is 32.6 Å². The predicted molar refractivity (Wildman–Crippen MR) is 130 cm³/mol. The molecule has 1 unspecified atom stereocenters. The Balaban J connectivity index is 1.69. The highest BCUT2D eigenvalue weighted by molar-refractivity contribution is 5.94. The highest BCUT2D eigenvalue weighted by atomic mass is 16.2. The van der Waals surface area contributed by atoms with Gasteiger partial charge in [0.2, 0.25) is 0 Å². The molecule has 0 saturated heterocycles. The zero-order valence-corrected chi connectivity index (χ0v) is 19.7. The lowest BCUT2D eigenvalue weighted by atomic mass is 9.89. The van der Waals surface area contributed by atoms with Gasteiger partial charge in [-0.05, 0) is 75.5 Å². The Morgan fingerprint density at radius 3 is 2.62 bits per heavy atom. The third-order valence-corrected chi connectivity index (χ3v) is 6.38. The summed E-state index contributed by atoms with van der Waals surface area (Å²) in [4.78, 5) is 21.5. The molecule has 0 N–H and O–H groups in total. The topological polar surface area (TPSA) is 41.4 Å². The average molecular weight is 431 g/mol. The van der Waals surface area contributed by atoms with Gasteiger partial charge in [-0.3, -0.25) is 9.78 Å². The van der Waals surface area contributed by atoms with E-state index in [4.69, 9.17) is 0 Å². The third-order valence-electron chi connectivity index (χ3n) is 6.38. The zero-order chi connectivity index (χ0) is 22.7. The van der Waals surface area contributed by atoms with Crippen molar-refractivity contribution in [3.63, 3.8) is 0 Å². The summed E-state index contributed by atoms with van der Waals surface area (Å²) < 4.78 is 2.33. The molecule has 0 fully saturated rings. The highest BCUT2D eigenvalue weighted by Crippen LogP contribution is 2.35. The minimum atomic E-state index is 0.0222. The number of nitrogens with zero attached hydrogens (tertiary/aromatic N) is 4. The van der Waals surface area contributed by atoms with Gasteiger partial charge in [0.15, 0.2) is 0 Å². The number of fused-ring (bicyclic) bond motifs is 1. The van der Waals surface area contributed by atoms with Crippen LogP contribution in [0.4, 0.5) is 0 Å². The van der Waals surface area contributed by atoms with Crippen LogP contribution in [-0.4, -0.2) is 59.5 Å². The molecule has 1 amide bonds. The van der Waals surface area contributed by atoms with Gasteiger partial charge in [0.1, 0.15) is 0 Å². The van der Waals surface area contributed by atoms with Gasteiger partial charge in [0.05, 0.1) is 23.1 Å². The van der Waals surface area contributed by atoms with Crippen LogP contribution in [0.1, 0.15) is 41.4 Å². The molecule has 0 bridgehead atoms. The Morgan fingerprint density at radius 2 is 1.88 bits per heavy atom. The Kier molecular flexibility index (Phi) is 6.75. The molecule has 2 aromatic heterocycles. The van der Waals surface area contributed by atoms with E-state index in [-0.39, 0.29) is 5.91 Å². The molecule has 2 heterocycles.